The third-order valence-corrected chi connectivity index (χ3v) is 6.73. The Labute approximate surface area is 242 Å². The molecule has 3 heterocycles. The molecule has 0 aliphatic rings. The highest BCUT2D eigenvalue weighted by Crippen LogP contribution is 2.35. The van der Waals surface area contributed by atoms with Gasteiger partial charge in [-0.15, -0.1) is 0 Å². The fourth-order valence-corrected chi connectivity index (χ4v) is 4.60. The lowest BCUT2D eigenvalue weighted by Crippen LogP contribution is -2.24. The molecule has 0 N–H and O–H groups in total. The molecule has 0 radical (unpaired) electrons. The molecule has 0 atom stereocenters. The average molecular weight is 594 g/mol. The fourth-order valence-electron chi connectivity index (χ4n) is 4.60. The number of carbonyl (C=O) groups is 1. The fraction of sp³-hybridized carbons (Fsp3) is 0.161. The first-order valence-corrected chi connectivity index (χ1v) is 12.8. The first-order valence-electron chi connectivity index (χ1n) is 12.8. The van der Waals surface area contributed by atoms with Crippen molar-refractivity contribution in [1.82, 2.24) is 14.5 Å². The van der Waals surface area contributed by atoms with Crippen molar-refractivity contribution in [3.8, 4) is 34.3 Å². The molecule has 0 amide bonds. The molecule has 0 bridgehead atoms. The van der Waals surface area contributed by atoms with Gasteiger partial charge < -0.3 is 14.2 Å². The highest BCUT2D eigenvalue weighted by Gasteiger charge is 2.23. The summed E-state index contributed by atoms with van der Waals surface area (Å²) in [5.41, 5.74) is -0.519. The number of rotatable bonds is 9. The largest absolute Gasteiger partial charge is 0.491 e. The van der Waals surface area contributed by atoms with E-state index >= 15 is 4.39 Å². The number of halogens is 4. The van der Waals surface area contributed by atoms with Crippen LogP contribution in [0.3, 0.4) is 0 Å². The van der Waals surface area contributed by atoms with Crippen LogP contribution in [0.4, 0.5) is 17.6 Å². The summed E-state index contributed by atoms with van der Waals surface area (Å²) in [6.45, 7) is -1.75. The van der Waals surface area contributed by atoms with Crippen LogP contribution in [0, 0.1) is 18.6 Å². The summed E-state index contributed by atoms with van der Waals surface area (Å²) in [5.74, 6) is -1.70. The molecule has 12 heteroatoms. The predicted molar refractivity (Wildman–Crippen MR) is 149 cm³/mol. The van der Waals surface area contributed by atoms with Crippen molar-refractivity contribution >= 4 is 16.8 Å². The number of aromatic nitrogens is 3. The van der Waals surface area contributed by atoms with E-state index in [1.807, 2.05) is 0 Å². The van der Waals surface area contributed by atoms with Crippen LogP contribution in [0.5, 0.6) is 23.1 Å². The Kier molecular flexibility index (Phi) is 8.11. The van der Waals surface area contributed by atoms with Gasteiger partial charge in [-0.3, -0.25) is 19.1 Å². The Morgan fingerprint density at radius 3 is 2.35 bits per heavy atom. The summed E-state index contributed by atoms with van der Waals surface area (Å²) in [4.78, 5) is 35.1. The van der Waals surface area contributed by atoms with E-state index in [1.54, 1.807) is 6.07 Å². The highest BCUT2D eigenvalue weighted by molar-refractivity contribution is 5.98. The van der Waals surface area contributed by atoms with Crippen LogP contribution in [-0.2, 0) is 6.42 Å². The highest BCUT2D eigenvalue weighted by atomic mass is 19.3. The van der Waals surface area contributed by atoms with Gasteiger partial charge in [0.2, 0.25) is 0 Å². The third-order valence-electron chi connectivity index (χ3n) is 6.73. The number of alkyl halides is 2. The molecular formula is C31H23F4N3O5. The molecule has 0 saturated carbocycles. The lowest BCUT2D eigenvalue weighted by Gasteiger charge is -2.16. The molecule has 0 aliphatic heterocycles. The number of carbonyl (C=O) groups excluding carboxylic acids is 1. The number of benzene rings is 2. The zero-order valence-corrected chi connectivity index (χ0v) is 23.0. The minimum absolute atomic E-state index is 0.0927. The Hall–Kier alpha value is -5.26. The van der Waals surface area contributed by atoms with Gasteiger partial charge in [-0.25, -0.2) is 13.8 Å². The van der Waals surface area contributed by atoms with Gasteiger partial charge in [0.05, 0.1) is 25.3 Å². The summed E-state index contributed by atoms with van der Waals surface area (Å²) in [6.07, 6.45) is 1.78. The van der Waals surface area contributed by atoms with Crippen molar-refractivity contribution in [2.45, 2.75) is 19.9 Å². The Morgan fingerprint density at radius 2 is 1.70 bits per heavy atom. The molecule has 0 spiro atoms. The van der Waals surface area contributed by atoms with E-state index in [9.17, 15) is 22.8 Å². The molecule has 0 unspecified atom stereocenters. The number of methoxy groups -OCH3 is 2. The van der Waals surface area contributed by atoms with Gasteiger partial charge in [0.25, 0.3) is 5.88 Å². The Bertz CT molecular complexity index is 1910. The minimum atomic E-state index is -3.06. The minimum Gasteiger partial charge on any atom is -0.491 e. The second-order valence-electron chi connectivity index (χ2n) is 9.37. The summed E-state index contributed by atoms with van der Waals surface area (Å²) in [7, 11) is 2.86. The summed E-state index contributed by atoms with van der Waals surface area (Å²) in [5, 5.41) is 0. The number of hydrogen-bond donors (Lipinski definition) is 0. The quantitative estimate of drug-likeness (QED) is 0.139. The molecule has 43 heavy (non-hydrogen) atoms. The van der Waals surface area contributed by atoms with E-state index in [4.69, 9.17) is 14.2 Å². The Morgan fingerprint density at radius 1 is 0.953 bits per heavy atom. The van der Waals surface area contributed by atoms with Crippen LogP contribution >= 0.6 is 0 Å². The molecule has 0 fully saturated rings. The predicted octanol–water partition coefficient (Wildman–Crippen LogP) is 6.68. The number of hydrogen-bond acceptors (Lipinski definition) is 7. The number of nitrogens with zero attached hydrogens (tertiary/aromatic N) is 3. The van der Waals surface area contributed by atoms with Crippen LogP contribution in [0.2, 0.25) is 0 Å². The molecule has 220 valence electrons. The van der Waals surface area contributed by atoms with Gasteiger partial charge in [-0.2, -0.15) is 8.78 Å². The zero-order chi connectivity index (χ0) is 30.8. The van der Waals surface area contributed by atoms with Gasteiger partial charge in [-0.05, 0) is 42.3 Å². The van der Waals surface area contributed by atoms with E-state index in [2.05, 4.69) is 9.97 Å². The van der Waals surface area contributed by atoms with Crippen molar-refractivity contribution < 1.29 is 36.6 Å². The third kappa shape index (κ3) is 5.76. The summed E-state index contributed by atoms with van der Waals surface area (Å²) in [6, 6.07) is 11.5. The number of pyridine rings is 3. The van der Waals surface area contributed by atoms with E-state index in [0.717, 1.165) is 24.4 Å². The summed E-state index contributed by atoms with van der Waals surface area (Å²) >= 11 is 0. The zero-order valence-electron chi connectivity index (χ0n) is 23.0. The lowest BCUT2D eigenvalue weighted by atomic mass is 9.97. The molecule has 2 aromatic carbocycles. The van der Waals surface area contributed by atoms with E-state index in [1.165, 1.54) is 57.7 Å². The van der Waals surface area contributed by atoms with Crippen molar-refractivity contribution in [2.24, 2.45) is 0 Å². The van der Waals surface area contributed by atoms with Crippen LogP contribution in [0.25, 0.3) is 22.2 Å². The van der Waals surface area contributed by atoms with Crippen molar-refractivity contribution in [2.75, 3.05) is 14.2 Å². The first kappa shape index (κ1) is 29.2. The van der Waals surface area contributed by atoms with Crippen molar-refractivity contribution in [1.29, 1.82) is 0 Å². The van der Waals surface area contributed by atoms with Crippen molar-refractivity contribution in [3.63, 3.8) is 0 Å². The second-order valence-corrected chi connectivity index (χ2v) is 9.37. The molecule has 5 rings (SSSR count). The lowest BCUT2D eigenvalue weighted by molar-refractivity contribution is 0.0672. The average Bonchev–Trinajstić information content (AvgIpc) is 2.98. The Balaban J connectivity index is 1.45. The van der Waals surface area contributed by atoms with E-state index < -0.39 is 41.4 Å². The molecule has 0 saturated heterocycles. The van der Waals surface area contributed by atoms with Crippen LogP contribution < -0.4 is 19.6 Å². The molecule has 3 aromatic heterocycles. The normalized spacial score (nSPS) is 11.2. The number of fused-ring (bicyclic) bond motifs is 1. The van der Waals surface area contributed by atoms with E-state index in [-0.39, 0.29) is 45.3 Å². The topological polar surface area (TPSA) is 92.5 Å². The van der Waals surface area contributed by atoms with Crippen molar-refractivity contribution in [3.05, 3.63) is 106 Å². The monoisotopic (exact) mass is 593 g/mol. The molecule has 0 aliphatic carbocycles. The maximum absolute atomic E-state index is 15.2. The van der Waals surface area contributed by atoms with Gasteiger partial charge in [0, 0.05) is 42.2 Å². The SMILES string of the molecule is COc1cc2nccc(Oc3ccc(CC(=O)c4cn(C(F)F)c(C)c(-c5ccc(F)cc5)c4=O)cc3F)c2nc1OC. The maximum atomic E-state index is 15.2. The number of ether oxygens (including phenoxy) is 3. The number of Topliss-reactive ketones (excluding diaryl/α,β-unsaturated/α-hetero) is 1. The van der Waals surface area contributed by atoms with Crippen LogP contribution in [0.1, 0.15) is 28.2 Å². The van der Waals surface area contributed by atoms with Gasteiger partial charge in [-0.1, -0.05) is 18.2 Å². The van der Waals surface area contributed by atoms with Crippen LogP contribution in [0.15, 0.2) is 71.8 Å². The van der Waals surface area contributed by atoms with Crippen LogP contribution in [-0.4, -0.2) is 34.5 Å². The molecule has 5 aromatic rings. The standard InChI is InChI=1S/C31H23F4N3O5/c1-16-27(18-5-7-19(32)8-6-18)29(40)20(15-38(16)31(34)35)23(39)13-17-4-9-24(21(33)12-17)43-25-10-11-36-22-14-26(41-2)30(42-3)37-28(22)25/h4-12,14-15,31H,13H2,1-3H3. The van der Waals surface area contributed by atoms with E-state index in [0.29, 0.717) is 15.8 Å². The first-order chi connectivity index (χ1) is 20.6. The summed E-state index contributed by atoms with van der Waals surface area (Å²) < 4.78 is 73.0. The number of ketones is 1. The van der Waals surface area contributed by atoms with Gasteiger partial charge in [0.15, 0.2) is 34.3 Å². The maximum Gasteiger partial charge on any atom is 0.318 e. The second kappa shape index (κ2) is 11.9. The molecular weight excluding hydrogens is 570 g/mol. The molecule has 8 nitrogen and oxygen atoms in total. The smallest absolute Gasteiger partial charge is 0.318 e. The van der Waals surface area contributed by atoms with Gasteiger partial charge in [0.1, 0.15) is 11.3 Å². The van der Waals surface area contributed by atoms with Gasteiger partial charge >= 0.3 is 6.55 Å².